The predicted molar refractivity (Wildman–Crippen MR) is 63.7 cm³/mol. The Morgan fingerprint density at radius 1 is 1.39 bits per heavy atom. The maximum atomic E-state index is 13.5. The Hall–Kier alpha value is -2.21. The van der Waals surface area contributed by atoms with Crippen molar-refractivity contribution in [3.05, 3.63) is 47.1 Å². The molecular formula is C11H7ClFN3O2. The number of aromatic nitrogens is 2. The summed E-state index contributed by atoms with van der Waals surface area (Å²) < 4.78 is 13.5. The van der Waals surface area contributed by atoms with Crippen LogP contribution in [-0.2, 0) is 0 Å². The topological polar surface area (TPSA) is 75.1 Å². The van der Waals surface area contributed by atoms with Crippen LogP contribution in [0.4, 0.5) is 15.9 Å². The molecule has 0 saturated carbocycles. The van der Waals surface area contributed by atoms with Crippen LogP contribution in [0, 0.1) is 5.82 Å². The van der Waals surface area contributed by atoms with Crippen molar-refractivity contribution < 1.29 is 14.3 Å². The SMILES string of the molecule is O=C(O)c1cncc(Nc2c(F)cccc2Cl)n1. The molecule has 0 saturated heterocycles. The van der Waals surface area contributed by atoms with Gasteiger partial charge in [-0.1, -0.05) is 17.7 Å². The zero-order valence-corrected chi connectivity index (χ0v) is 9.65. The van der Waals surface area contributed by atoms with Crippen molar-refractivity contribution in [3.8, 4) is 0 Å². The van der Waals surface area contributed by atoms with Gasteiger partial charge in [0.25, 0.3) is 0 Å². The van der Waals surface area contributed by atoms with E-state index in [1.165, 1.54) is 24.4 Å². The number of benzene rings is 1. The minimum absolute atomic E-state index is 0.0241. The first-order valence-electron chi connectivity index (χ1n) is 4.84. The predicted octanol–water partition coefficient (Wildman–Crippen LogP) is 2.71. The van der Waals surface area contributed by atoms with Crippen molar-refractivity contribution in [2.45, 2.75) is 0 Å². The second kappa shape index (κ2) is 4.97. The van der Waals surface area contributed by atoms with Gasteiger partial charge in [-0.2, -0.15) is 0 Å². The molecule has 18 heavy (non-hydrogen) atoms. The van der Waals surface area contributed by atoms with E-state index in [-0.39, 0.29) is 22.2 Å². The van der Waals surface area contributed by atoms with Gasteiger partial charge in [-0.3, -0.25) is 4.98 Å². The zero-order chi connectivity index (χ0) is 13.1. The van der Waals surface area contributed by atoms with E-state index >= 15 is 0 Å². The van der Waals surface area contributed by atoms with E-state index in [4.69, 9.17) is 16.7 Å². The van der Waals surface area contributed by atoms with Crippen molar-refractivity contribution >= 4 is 29.1 Å². The summed E-state index contributed by atoms with van der Waals surface area (Å²) in [4.78, 5) is 18.2. The molecule has 0 fully saturated rings. The highest BCUT2D eigenvalue weighted by Crippen LogP contribution is 2.27. The van der Waals surface area contributed by atoms with Gasteiger partial charge in [0.2, 0.25) is 0 Å². The Kier molecular flexibility index (Phi) is 3.38. The number of rotatable bonds is 3. The standard InChI is InChI=1S/C11H7ClFN3O2/c12-6-2-1-3-7(13)10(6)16-9-5-14-4-8(15-9)11(17)18/h1-5H,(H,15,16)(H,17,18). The first kappa shape index (κ1) is 12.3. The van der Waals surface area contributed by atoms with Crippen LogP contribution in [0.5, 0.6) is 0 Å². The lowest BCUT2D eigenvalue weighted by Gasteiger charge is -2.08. The highest BCUT2D eigenvalue weighted by Gasteiger charge is 2.10. The fourth-order valence-electron chi connectivity index (χ4n) is 1.27. The largest absolute Gasteiger partial charge is 0.476 e. The molecule has 0 bridgehead atoms. The highest BCUT2D eigenvalue weighted by atomic mass is 35.5. The normalized spacial score (nSPS) is 10.1. The van der Waals surface area contributed by atoms with Gasteiger partial charge in [0.1, 0.15) is 11.6 Å². The number of hydrogen-bond donors (Lipinski definition) is 2. The lowest BCUT2D eigenvalue weighted by molar-refractivity contribution is 0.0690. The number of nitrogens with zero attached hydrogens (tertiary/aromatic N) is 2. The number of halogens is 2. The number of aromatic carboxylic acids is 1. The van der Waals surface area contributed by atoms with Crippen molar-refractivity contribution in [2.75, 3.05) is 5.32 Å². The van der Waals surface area contributed by atoms with E-state index in [2.05, 4.69) is 15.3 Å². The van der Waals surface area contributed by atoms with Crippen LogP contribution in [0.25, 0.3) is 0 Å². The molecule has 0 aliphatic rings. The number of carbonyl (C=O) groups is 1. The van der Waals surface area contributed by atoms with Crippen LogP contribution in [0.2, 0.25) is 5.02 Å². The van der Waals surface area contributed by atoms with Crippen LogP contribution in [0.1, 0.15) is 10.5 Å². The van der Waals surface area contributed by atoms with Gasteiger partial charge in [-0.05, 0) is 12.1 Å². The summed E-state index contributed by atoms with van der Waals surface area (Å²) in [7, 11) is 0. The molecular weight excluding hydrogens is 261 g/mol. The first-order chi connectivity index (χ1) is 8.58. The Bertz CT molecular complexity index is 586. The second-order valence-electron chi connectivity index (χ2n) is 3.32. The highest BCUT2D eigenvalue weighted by molar-refractivity contribution is 6.33. The van der Waals surface area contributed by atoms with Crippen LogP contribution in [-0.4, -0.2) is 21.0 Å². The average molecular weight is 268 g/mol. The molecule has 0 amide bonds. The Morgan fingerprint density at radius 2 is 2.17 bits per heavy atom. The van der Waals surface area contributed by atoms with Gasteiger partial charge in [0.05, 0.1) is 23.1 Å². The minimum Gasteiger partial charge on any atom is -0.476 e. The number of carboxylic acids is 1. The van der Waals surface area contributed by atoms with Crippen LogP contribution >= 0.6 is 11.6 Å². The molecule has 1 aromatic heterocycles. The summed E-state index contributed by atoms with van der Waals surface area (Å²) in [5.74, 6) is -1.68. The molecule has 0 atom stereocenters. The van der Waals surface area contributed by atoms with E-state index in [0.29, 0.717) is 0 Å². The van der Waals surface area contributed by atoms with E-state index in [1.807, 2.05) is 0 Å². The molecule has 0 aliphatic heterocycles. The van der Waals surface area contributed by atoms with Crippen LogP contribution in [0.15, 0.2) is 30.6 Å². The molecule has 0 unspecified atom stereocenters. The summed E-state index contributed by atoms with van der Waals surface area (Å²) >= 11 is 5.81. The first-order valence-corrected chi connectivity index (χ1v) is 5.22. The van der Waals surface area contributed by atoms with Crippen molar-refractivity contribution in [1.82, 2.24) is 9.97 Å². The van der Waals surface area contributed by atoms with Gasteiger partial charge in [-0.15, -0.1) is 0 Å². The number of para-hydroxylation sites is 1. The van der Waals surface area contributed by atoms with Gasteiger partial charge < -0.3 is 10.4 Å². The fourth-order valence-corrected chi connectivity index (χ4v) is 1.48. The molecule has 92 valence electrons. The Balaban J connectivity index is 2.34. The third kappa shape index (κ3) is 2.54. The molecule has 0 aliphatic carbocycles. The van der Waals surface area contributed by atoms with E-state index in [9.17, 15) is 9.18 Å². The van der Waals surface area contributed by atoms with Gasteiger partial charge in [-0.25, -0.2) is 14.2 Å². The molecule has 0 spiro atoms. The molecule has 7 heteroatoms. The summed E-state index contributed by atoms with van der Waals surface area (Å²) in [5.41, 5.74) is -0.219. The summed E-state index contributed by atoms with van der Waals surface area (Å²) in [5, 5.41) is 11.5. The zero-order valence-electron chi connectivity index (χ0n) is 8.89. The Labute approximate surface area is 106 Å². The summed E-state index contributed by atoms with van der Waals surface area (Å²) in [6, 6.07) is 4.19. The van der Waals surface area contributed by atoms with Crippen molar-refractivity contribution in [1.29, 1.82) is 0 Å². The molecule has 2 N–H and O–H groups in total. The van der Waals surface area contributed by atoms with E-state index in [1.54, 1.807) is 0 Å². The monoisotopic (exact) mass is 267 g/mol. The third-order valence-electron chi connectivity index (χ3n) is 2.07. The summed E-state index contributed by atoms with van der Waals surface area (Å²) in [6.07, 6.45) is 2.37. The summed E-state index contributed by atoms with van der Waals surface area (Å²) in [6.45, 7) is 0. The lowest BCUT2D eigenvalue weighted by Crippen LogP contribution is -2.04. The maximum Gasteiger partial charge on any atom is 0.356 e. The number of carboxylic acid groups (broad SMARTS) is 1. The van der Waals surface area contributed by atoms with Crippen molar-refractivity contribution in [2.24, 2.45) is 0 Å². The number of nitrogens with one attached hydrogen (secondary N) is 1. The third-order valence-corrected chi connectivity index (χ3v) is 2.38. The van der Waals surface area contributed by atoms with Crippen molar-refractivity contribution in [3.63, 3.8) is 0 Å². The maximum absolute atomic E-state index is 13.5. The van der Waals surface area contributed by atoms with Gasteiger partial charge >= 0.3 is 5.97 Å². The van der Waals surface area contributed by atoms with Gasteiger partial charge in [0.15, 0.2) is 5.69 Å². The molecule has 1 heterocycles. The average Bonchev–Trinajstić information content (AvgIpc) is 2.34. The molecule has 2 rings (SSSR count). The lowest BCUT2D eigenvalue weighted by atomic mass is 10.3. The molecule has 1 aromatic carbocycles. The van der Waals surface area contributed by atoms with Crippen LogP contribution < -0.4 is 5.32 Å². The molecule has 0 radical (unpaired) electrons. The smallest absolute Gasteiger partial charge is 0.356 e. The fraction of sp³-hybridized carbons (Fsp3) is 0. The van der Waals surface area contributed by atoms with Crippen LogP contribution in [0.3, 0.4) is 0 Å². The molecule has 2 aromatic rings. The number of anilines is 2. The molecule has 5 nitrogen and oxygen atoms in total. The number of hydrogen-bond acceptors (Lipinski definition) is 4. The van der Waals surface area contributed by atoms with Gasteiger partial charge in [0, 0.05) is 0 Å². The second-order valence-corrected chi connectivity index (χ2v) is 3.72. The minimum atomic E-state index is -1.22. The Morgan fingerprint density at radius 3 is 2.83 bits per heavy atom. The quantitative estimate of drug-likeness (QED) is 0.894. The van der Waals surface area contributed by atoms with E-state index in [0.717, 1.165) is 6.20 Å². The van der Waals surface area contributed by atoms with E-state index < -0.39 is 11.8 Å².